The highest BCUT2D eigenvalue weighted by Gasteiger charge is 2.60. The molecule has 98 valence electrons. The highest BCUT2D eigenvalue weighted by molar-refractivity contribution is 5.08. The molecule has 0 saturated heterocycles. The summed E-state index contributed by atoms with van der Waals surface area (Å²) in [6.45, 7) is 0. The maximum absolute atomic E-state index is 12.3. The first kappa shape index (κ1) is 13.8. The average Bonchev–Trinajstić information content (AvgIpc) is 2.45. The fourth-order valence-electron chi connectivity index (χ4n) is 1.37. The molecule has 0 aromatic carbocycles. The largest absolute Gasteiger partial charge is 0.402 e. The van der Waals surface area contributed by atoms with Crippen LogP contribution in [-0.2, 0) is 7.05 Å². The molecule has 1 rings (SSSR count). The SMILES string of the molecule is Cn1ccc(C(N)C(C(F)(F)F)C(F)(F)F)n1. The van der Waals surface area contributed by atoms with Crippen molar-refractivity contribution in [2.45, 2.75) is 18.4 Å². The lowest BCUT2D eigenvalue weighted by Gasteiger charge is -2.27. The maximum atomic E-state index is 12.3. The van der Waals surface area contributed by atoms with Crippen LogP contribution in [0, 0.1) is 5.92 Å². The molecule has 0 spiro atoms. The molecule has 0 aliphatic carbocycles. The summed E-state index contributed by atoms with van der Waals surface area (Å²) in [5.41, 5.74) is 4.56. The van der Waals surface area contributed by atoms with Gasteiger partial charge < -0.3 is 5.73 Å². The third-order valence-corrected chi connectivity index (χ3v) is 2.14. The number of rotatable bonds is 2. The van der Waals surface area contributed by atoms with E-state index in [9.17, 15) is 26.3 Å². The lowest BCUT2D eigenvalue weighted by molar-refractivity contribution is -0.290. The maximum Gasteiger partial charge on any atom is 0.402 e. The van der Waals surface area contributed by atoms with Crippen LogP contribution in [-0.4, -0.2) is 22.1 Å². The Morgan fingerprint density at radius 2 is 1.65 bits per heavy atom. The van der Waals surface area contributed by atoms with Crippen LogP contribution >= 0.6 is 0 Å². The second-order valence-corrected chi connectivity index (χ2v) is 3.50. The van der Waals surface area contributed by atoms with Crippen LogP contribution in [0.2, 0.25) is 0 Å². The highest BCUT2D eigenvalue weighted by Crippen LogP contribution is 2.44. The van der Waals surface area contributed by atoms with E-state index in [1.807, 2.05) is 0 Å². The number of hydrogen-bond acceptors (Lipinski definition) is 2. The minimum atomic E-state index is -5.46. The van der Waals surface area contributed by atoms with Gasteiger partial charge in [-0.2, -0.15) is 31.4 Å². The van der Waals surface area contributed by atoms with Crippen LogP contribution in [0.4, 0.5) is 26.3 Å². The Bertz CT molecular complexity index is 365. The van der Waals surface area contributed by atoms with Gasteiger partial charge in [0.15, 0.2) is 5.92 Å². The third kappa shape index (κ3) is 3.11. The lowest BCUT2D eigenvalue weighted by Crippen LogP contribution is -2.44. The van der Waals surface area contributed by atoms with Crippen LogP contribution in [0.15, 0.2) is 12.3 Å². The molecule has 1 heterocycles. The van der Waals surface area contributed by atoms with Gasteiger partial charge in [0.25, 0.3) is 0 Å². The standard InChI is InChI=1S/C8H9F6N3/c1-17-3-2-4(16-17)5(15)6(7(9,10)11)8(12,13)14/h2-3,5-6H,15H2,1H3. The first-order chi connectivity index (χ1) is 7.53. The number of nitrogens with zero attached hydrogens (tertiary/aromatic N) is 2. The van der Waals surface area contributed by atoms with Crippen molar-refractivity contribution >= 4 is 0 Å². The Hall–Kier alpha value is -1.25. The summed E-state index contributed by atoms with van der Waals surface area (Å²) in [4.78, 5) is 0. The Labute approximate surface area is 92.2 Å². The summed E-state index contributed by atoms with van der Waals surface area (Å²) in [6.07, 6.45) is -9.70. The van der Waals surface area contributed by atoms with Gasteiger partial charge in [0.05, 0.1) is 11.7 Å². The Morgan fingerprint density at radius 3 is 1.94 bits per heavy atom. The summed E-state index contributed by atoms with van der Waals surface area (Å²) in [7, 11) is 1.37. The molecule has 17 heavy (non-hydrogen) atoms. The van der Waals surface area contributed by atoms with Crippen LogP contribution in [0.5, 0.6) is 0 Å². The fraction of sp³-hybridized carbons (Fsp3) is 0.625. The van der Waals surface area contributed by atoms with Crippen LogP contribution in [0.1, 0.15) is 11.7 Å². The first-order valence-electron chi connectivity index (χ1n) is 4.42. The molecule has 2 N–H and O–H groups in total. The molecular formula is C8H9F6N3. The number of aromatic nitrogens is 2. The van der Waals surface area contributed by atoms with Crippen molar-refractivity contribution in [2.24, 2.45) is 18.7 Å². The van der Waals surface area contributed by atoms with Crippen molar-refractivity contribution < 1.29 is 26.3 Å². The van der Waals surface area contributed by atoms with E-state index in [-0.39, 0.29) is 0 Å². The quantitative estimate of drug-likeness (QED) is 0.829. The van der Waals surface area contributed by atoms with Gasteiger partial charge in [-0.1, -0.05) is 0 Å². The lowest BCUT2D eigenvalue weighted by atomic mass is 9.96. The summed E-state index contributed by atoms with van der Waals surface area (Å²) in [6, 6.07) is -1.24. The van der Waals surface area contributed by atoms with E-state index in [1.54, 1.807) is 0 Å². The van der Waals surface area contributed by atoms with E-state index in [0.29, 0.717) is 0 Å². The monoisotopic (exact) mass is 261 g/mol. The predicted octanol–water partition coefficient (Wildman–Crippen LogP) is 2.16. The Kier molecular flexibility index (Phi) is 3.42. The van der Waals surface area contributed by atoms with Crippen molar-refractivity contribution in [1.82, 2.24) is 9.78 Å². The molecule has 1 atom stereocenters. The Morgan fingerprint density at radius 1 is 1.18 bits per heavy atom. The molecule has 0 radical (unpaired) electrons. The van der Waals surface area contributed by atoms with Crippen molar-refractivity contribution in [3.63, 3.8) is 0 Å². The van der Waals surface area contributed by atoms with E-state index < -0.39 is 30.0 Å². The predicted molar refractivity (Wildman–Crippen MR) is 45.7 cm³/mol. The fourth-order valence-corrected chi connectivity index (χ4v) is 1.37. The van der Waals surface area contributed by atoms with Gasteiger partial charge in [0.1, 0.15) is 0 Å². The molecule has 9 heteroatoms. The second kappa shape index (κ2) is 4.21. The van der Waals surface area contributed by atoms with Crippen LogP contribution in [0.25, 0.3) is 0 Å². The van der Waals surface area contributed by atoms with Gasteiger partial charge in [-0.3, -0.25) is 4.68 Å². The van der Waals surface area contributed by atoms with E-state index in [2.05, 4.69) is 5.10 Å². The normalized spacial score (nSPS) is 15.4. The average molecular weight is 261 g/mol. The van der Waals surface area contributed by atoms with Gasteiger partial charge in [-0.05, 0) is 6.07 Å². The molecule has 0 aliphatic heterocycles. The van der Waals surface area contributed by atoms with Crippen molar-refractivity contribution in [3.8, 4) is 0 Å². The number of alkyl halides is 6. The van der Waals surface area contributed by atoms with Gasteiger partial charge in [0.2, 0.25) is 0 Å². The van der Waals surface area contributed by atoms with Crippen LogP contribution < -0.4 is 5.73 Å². The number of aryl methyl sites for hydroxylation is 1. The topological polar surface area (TPSA) is 43.8 Å². The zero-order valence-corrected chi connectivity index (χ0v) is 8.55. The molecule has 1 unspecified atom stereocenters. The zero-order valence-electron chi connectivity index (χ0n) is 8.55. The number of halogens is 6. The van der Waals surface area contributed by atoms with Gasteiger partial charge >= 0.3 is 12.4 Å². The third-order valence-electron chi connectivity index (χ3n) is 2.14. The second-order valence-electron chi connectivity index (χ2n) is 3.50. The summed E-state index contributed by atoms with van der Waals surface area (Å²) in [5.74, 6) is -3.62. The molecule has 1 aromatic heterocycles. The Balaban J connectivity index is 3.08. The smallest absolute Gasteiger partial charge is 0.322 e. The van der Waals surface area contributed by atoms with Crippen LogP contribution in [0.3, 0.4) is 0 Å². The van der Waals surface area contributed by atoms with Gasteiger partial charge in [0, 0.05) is 13.2 Å². The van der Waals surface area contributed by atoms with E-state index in [1.165, 1.54) is 13.2 Å². The first-order valence-corrected chi connectivity index (χ1v) is 4.42. The zero-order chi connectivity index (χ0) is 13.4. The molecule has 1 aromatic rings. The van der Waals surface area contributed by atoms with Crippen molar-refractivity contribution in [2.75, 3.05) is 0 Å². The minimum absolute atomic E-state index is 0.452. The molecule has 0 aliphatic rings. The summed E-state index contributed by atoms with van der Waals surface area (Å²) < 4.78 is 75.0. The van der Waals surface area contributed by atoms with Gasteiger partial charge in [-0.15, -0.1) is 0 Å². The van der Waals surface area contributed by atoms with Crippen molar-refractivity contribution in [1.29, 1.82) is 0 Å². The van der Waals surface area contributed by atoms with Gasteiger partial charge in [-0.25, -0.2) is 0 Å². The summed E-state index contributed by atoms with van der Waals surface area (Å²) >= 11 is 0. The van der Waals surface area contributed by atoms with E-state index in [0.717, 1.165) is 10.7 Å². The molecule has 0 fully saturated rings. The summed E-state index contributed by atoms with van der Waals surface area (Å²) in [5, 5.41) is 3.45. The molecular weight excluding hydrogens is 252 g/mol. The number of hydrogen-bond donors (Lipinski definition) is 1. The van der Waals surface area contributed by atoms with E-state index in [4.69, 9.17) is 5.73 Å². The minimum Gasteiger partial charge on any atom is -0.322 e. The van der Waals surface area contributed by atoms with Crippen molar-refractivity contribution in [3.05, 3.63) is 18.0 Å². The molecule has 0 saturated carbocycles. The van der Waals surface area contributed by atoms with E-state index >= 15 is 0 Å². The highest BCUT2D eigenvalue weighted by atomic mass is 19.4. The number of nitrogens with two attached hydrogens (primary N) is 1. The molecule has 0 amide bonds. The molecule has 0 bridgehead atoms. The molecule has 3 nitrogen and oxygen atoms in total.